The predicted molar refractivity (Wildman–Crippen MR) is 68.4 cm³/mol. The topological polar surface area (TPSA) is 29.9 Å². The monoisotopic (exact) mass is 245 g/mol. The maximum absolute atomic E-state index is 14.1. The average Bonchev–Trinajstić information content (AvgIpc) is 2.66. The third kappa shape index (κ3) is 1.64. The van der Waals surface area contributed by atoms with Gasteiger partial charge >= 0.3 is 0 Å². The van der Waals surface area contributed by atoms with Crippen LogP contribution in [0, 0.1) is 19.7 Å². The van der Waals surface area contributed by atoms with E-state index in [4.69, 9.17) is 0 Å². The van der Waals surface area contributed by atoms with Crippen LogP contribution < -0.4 is 5.32 Å². The Morgan fingerprint density at radius 3 is 2.94 bits per heavy atom. The zero-order valence-electron chi connectivity index (χ0n) is 10.6. The number of fused-ring (bicyclic) bond motifs is 1. The van der Waals surface area contributed by atoms with Crippen molar-refractivity contribution < 1.29 is 4.39 Å². The Labute approximate surface area is 106 Å². The number of hydrogen-bond acceptors (Lipinski definition) is 2. The number of aromatic nitrogens is 2. The van der Waals surface area contributed by atoms with Crippen molar-refractivity contribution in [2.75, 3.05) is 6.54 Å². The van der Waals surface area contributed by atoms with Crippen molar-refractivity contribution in [3.8, 4) is 5.69 Å². The number of imidazole rings is 1. The molecular weight excluding hydrogens is 229 g/mol. The summed E-state index contributed by atoms with van der Waals surface area (Å²) in [5, 5.41) is 3.29. The smallest absolute Gasteiger partial charge is 0.147 e. The summed E-state index contributed by atoms with van der Waals surface area (Å²) in [6, 6.07) is 5.19. The highest BCUT2D eigenvalue weighted by molar-refractivity contribution is 5.45. The molecule has 1 N–H and O–H groups in total. The van der Waals surface area contributed by atoms with Crippen LogP contribution in [0.1, 0.15) is 22.8 Å². The molecule has 1 aromatic heterocycles. The van der Waals surface area contributed by atoms with Gasteiger partial charge in [0.25, 0.3) is 0 Å². The van der Waals surface area contributed by atoms with Crippen molar-refractivity contribution in [3.05, 3.63) is 46.8 Å². The molecule has 0 spiro atoms. The van der Waals surface area contributed by atoms with Crippen LogP contribution in [0.2, 0.25) is 0 Å². The second-order valence-electron chi connectivity index (χ2n) is 4.72. The molecule has 3 rings (SSSR count). The van der Waals surface area contributed by atoms with E-state index in [2.05, 4.69) is 10.3 Å². The molecule has 3 nitrogen and oxygen atoms in total. The minimum absolute atomic E-state index is 0.183. The van der Waals surface area contributed by atoms with Crippen LogP contribution in [0.3, 0.4) is 0 Å². The van der Waals surface area contributed by atoms with E-state index in [-0.39, 0.29) is 5.82 Å². The number of hydrogen-bond donors (Lipinski definition) is 1. The van der Waals surface area contributed by atoms with E-state index >= 15 is 0 Å². The number of rotatable bonds is 1. The molecule has 1 aliphatic rings. The molecule has 0 atom stereocenters. The van der Waals surface area contributed by atoms with Crippen molar-refractivity contribution in [1.82, 2.24) is 14.9 Å². The van der Waals surface area contributed by atoms with Crippen LogP contribution >= 0.6 is 0 Å². The molecule has 0 fully saturated rings. The lowest BCUT2D eigenvalue weighted by Gasteiger charge is -2.17. The van der Waals surface area contributed by atoms with Gasteiger partial charge < -0.3 is 5.32 Å². The van der Waals surface area contributed by atoms with Crippen LogP contribution in [0.5, 0.6) is 0 Å². The van der Waals surface area contributed by atoms with E-state index in [1.54, 1.807) is 6.07 Å². The largest absolute Gasteiger partial charge is 0.311 e. The molecule has 0 radical (unpaired) electrons. The predicted octanol–water partition coefficient (Wildman–Crippen LogP) is 2.27. The summed E-state index contributed by atoms with van der Waals surface area (Å²) in [5.41, 5.74) is 3.77. The van der Waals surface area contributed by atoms with Crippen molar-refractivity contribution in [1.29, 1.82) is 0 Å². The van der Waals surface area contributed by atoms with Crippen LogP contribution in [0.15, 0.2) is 18.2 Å². The van der Waals surface area contributed by atoms with Gasteiger partial charge in [-0.25, -0.2) is 9.37 Å². The van der Waals surface area contributed by atoms with Gasteiger partial charge in [0.1, 0.15) is 11.6 Å². The number of nitrogens with one attached hydrogen (secondary N) is 1. The van der Waals surface area contributed by atoms with Gasteiger partial charge in [-0.1, -0.05) is 12.1 Å². The molecule has 0 unspecified atom stereocenters. The fraction of sp³-hybridized carbons (Fsp3) is 0.357. The Morgan fingerprint density at radius 2 is 2.17 bits per heavy atom. The molecule has 2 aromatic rings. The molecule has 0 saturated carbocycles. The second-order valence-corrected chi connectivity index (χ2v) is 4.72. The number of aryl methyl sites for hydroxylation is 2. The zero-order valence-corrected chi connectivity index (χ0v) is 10.6. The Bertz CT molecular complexity index is 581. The van der Waals surface area contributed by atoms with Gasteiger partial charge in [-0.15, -0.1) is 0 Å². The maximum Gasteiger partial charge on any atom is 0.147 e. The standard InChI is InChI=1S/C14H16FN3/c1-9-4-3-5-11(15)14(9)18-10(2)17-12-8-16-7-6-13(12)18/h3-5,16H,6-8H2,1-2H3. The Kier molecular flexibility index (Phi) is 2.67. The SMILES string of the molecule is Cc1cccc(F)c1-n1c(C)nc2c1CCNC2. The van der Waals surface area contributed by atoms with E-state index < -0.39 is 0 Å². The molecule has 4 heteroatoms. The highest BCUT2D eigenvalue weighted by atomic mass is 19.1. The summed E-state index contributed by atoms with van der Waals surface area (Å²) >= 11 is 0. The van der Waals surface area contributed by atoms with Crippen molar-refractivity contribution in [2.45, 2.75) is 26.8 Å². The Balaban J connectivity index is 2.26. The summed E-state index contributed by atoms with van der Waals surface area (Å²) in [6.45, 7) is 5.57. The summed E-state index contributed by atoms with van der Waals surface area (Å²) in [4.78, 5) is 4.54. The Hall–Kier alpha value is -1.68. The van der Waals surface area contributed by atoms with Gasteiger partial charge in [0.2, 0.25) is 0 Å². The highest BCUT2D eigenvalue weighted by Crippen LogP contribution is 2.25. The molecule has 1 aliphatic heterocycles. The van der Waals surface area contributed by atoms with Crippen LogP contribution in [0.25, 0.3) is 5.69 Å². The van der Waals surface area contributed by atoms with E-state index in [1.165, 1.54) is 6.07 Å². The van der Waals surface area contributed by atoms with Crippen molar-refractivity contribution >= 4 is 0 Å². The van der Waals surface area contributed by atoms with E-state index in [1.807, 2.05) is 24.5 Å². The molecular formula is C14H16FN3. The first-order chi connectivity index (χ1) is 8.68. The average molecular weight is 245 g/mol. The summed E-state index contributed by atoms with van der Waals surface area (Å²) in [7, 11) is 0. The maximum atomic E-state index is 14.1. The first-order valence-corrected chi connectivity index (χ1v) is 6.22. The van der Waals surface area contributed by atoms with Crippen molar-refractivity contribution in [3.63, 3.8) is 0 Å². The molecule has 0 bridgehead atoms. The molecule has 0 amide bonds. The normalized spacial score (nSPS) is 14.6. The lowest BCUT2D eigenvalue weighted by molar-refractivity contribution is 0.597. The molecule has 0 saturated heterocycles. The Morgan fingerprint density at radius 1 is 1.33 bits per heavy atom. The van der Waals surface area contributed by atoms with Gasteiger partial charge in [-0.2, -0.15) is 0 Å². The van der Waals surface area contributed by atoms with Crippen LogP contribution in [0.4, 0.5) is 4.39 Å². The minimum Gasteiger partial charge on any atom is -0.311 e. The van der Waals surface area contributed by atoms with Gasteiger partial charge in [-0.3, -0.25) is 4.57 Å². The zero-order chi connectivity index (χ0) is 12.7. The molecule has 2 heterocycles. The van der Waals surface area contributed by atoms with Gasteiger partial charge in [0, 0.05) is 25.2 Å². The van der Waals surface area contributed by atoms with Crippen molar-refractivity contribution in [2.24, 2.45) is 0 Å². The van der Waals surface area contributed by atoms with Gasteiger partial charge in [0.15, 0.2) is 0 Å². The second kappa shape index (κ2) is 4.21. The third-order valence-corrected chi connectivity index (χ3v) is 3.47. The van der Waals surface area contributed by atoms with E-state index in [0.717, 1.165) is 42.3 Å². The molecule has 1 aromatic carbocycles. The van der Waals surface area contributed by atoms with E-state index in [0.29, 0.717) is 5.69 Å². The van der Waals surface area contributed by atoms with Crippen LogP contribution in [-0.4, -0.2) is 16.1 Å². The third-order valence-electron chi connectivity index (χ3n) is 3.47. The minimum atomic E-state index is -0.183. The summed E-state index contributed by atoms with van der Waals surface area (Å²) in [6.07, 6.45) is 0.893. The quantitative estimate of drug-likeness (QED) is 0.835. The van der Waals surface area contributed by atoms with Gasteiger partial charge in [0.05, 0.1) is 11.4 Å². The van der Waals surface area contributed by atoms with E-state index in [9.17, 15) is 4.39 Å². The fourth-order valence-corrected chi connectivity index (χ4v) is 2.65. The number of para-hydroxylation sites is 1. The molecule has 0 aliphatic carbocycles. The van der Waals surface area contributed by atoms with Gasteiger partial charge in [-0.05, 0) is 25.5 Å². The number of benzene rings is 1. The first-order valence-electron chi connectivity index (χ1n) is 6.22. The molecule has 94 valence electrons. The number of halogens is 1. The molecule has 18 heavy (non-hydrogen) atoms. The lowest BCUT2D eigenvalue weighted by Crippen LogP contribution is -2.25. The lowest BCUT2D eigenvalue weighted by atomic mass is 10.1. The summed E-state index contributed by atoms with van der Waals surface area (Å²) < 4.78 is 16.1. The first kappa shape index (κ1) is 11.4. The fourth-order valence-electron chi connectivity index (χ4n) is 2.65. The van der Waals surface area contributed by atoms with Crippen LogP contribution in [-0.2, 0) is 13.0 Å². The highest BCUT2D eigenvalue weighted by Gasteiger charge is 2.21. The number of nitrogens with zero attached hydrogens (tertiary/aromatic N) is 2. The summed E-state index contributed by atoms with van der Waals surface area (Å²) in [5.74, 6) is 0.675.